The number of carbonyl (C=O) groups is 2. The van der Waals surface area contributed by atoms with E-state index in [0.717, 1.165) is 19.5 Å². The third-order valence-electron chi connectivity index (χ3n) is 4.42. The van der Waals surface area contributed by atoms with Gasteiger partial charge in [0.15, 0.2) is 0 Å². The van der Waals surface area contributed by atoms with Crippen LogP contribution in [0.5, 0.6) is 0 Å². The summed E-state index contributed by atoms with van der Waals surface area (Å²) in [5.41, 5.74) is 1.18. The second-order valence-electron chi connectivity index (χ2n) is 6.30. The normalized spacial score (nSPS) is 17.1. The van der Waals surface area contributed by atoms with Crippen LogP contribution in [0.4, 0.5) is 10.5 Å². The van der Waals surface area contributed by atoms with Crippen LogP contribution in [0, 0.1) is 0 Å². The van der Waals surface area contributed by atoms with Gasteiger partial charge in [0.1, 0.15) is 6.04 Å². The van der Waals surface area contributed by atoms with Crippen LogP contribution < -0.4 is 15.5 Å². The summed E-state index contributed by atoms with van der Waals surface area (Å²) < 4.78 is 0. The molecular formula is C18H28N4O2. The number of rotatable bonds is 5. The summed E-state index contributed by atoms with van der Waals surface area (Å²) in [6.07, 6.45) is 0.869. The molecule has 1 aliphatic rings. The van der Waals surface area contributed by atoms with E-state index in [2.05, 4.69) is 27.7 Å². The van der Waals surface area contributed by atoms with Gasteiger partial charge in [0, 0.05) is 37.9 Å². The zero-order chi connectivity index (χ0) is 17.5. The van der Waals surface area contributed by atoms with E-state index in [1.165, 1.54) is 5.69 Å². The molecule has 24 heavy (non-hydrogen) atoms. The fourth-order valence-electron chi connectivity index (χ4n) is 2.62. The molecule has 1 aromatic carbocycles. The fraction of sp³-hybridized carbons (Fsp3) is 0.556. The van der Waals surface area contributed by atoms with Gasteiger partial charge in [0.25, 0.3) is 0 Å². The Labute approximate surface area is 144 Å². The van der Waals surface area contributed by atoms with E-state index in [4.69, 9.17) is 0 Å². The molecule has 1 aliphatic heterocycles. The number of nitrogens with one attached hydrogen (secondary N) is 2. The lowest BCUT2D eigenvalue weighted by Gasteiger charge is -2.36. The van der Waals surface area contributed by atoms with Crippen molar-refractivity contribution in [1.29, 1.82) is 0 Å². The van der Waals surface area contributed by atoms with Crippen molar-refractivity contribution in [2.24, 2.45) is 0 Å². The maximum absolute atomic E-state index is 12.3. The molecule has 2 rings (SSSR count). The van der Waals surface area contributed by atoms with E-state index in [0.29, 0.717) is 13.1 Å². The summed E-state index contributed by atoms with van der Waals surface area (Å²) in [6.45, 7) is 8.59. The number of hydrogen-bond acceptors (Lipinski definition) is 3. The number of anilines is 1. The quantitative estimate of drug-likeness (QED) is 0.864. The second-order valence-corrected chi connectivity index (χ2v) is 6.30. The molecule has 1 heterocycles. The fourth-order valence-corrected chi connectivity index (χ4v) is 2.62. The maximum Gasteiger partial charge on any atom is 0.318 e. The molecule has 1 saturated heterocycles. The molecule has 6 nitrogen and oxygen atoms in total. The monoisotopic (exact) mass is 332 g/mol. The van der Waals surface area contributed by atoms with Crippen molar-refractivity contribution in [1.82, 2.24) is 15.5 Å². The number of carbonyl (C=O) groups excluding carboxylic acids is 2. The average Bonchev–Trinajstić information content (AvgIpc) is 2.62. The number of piperazine rings is 1. The zero-order valence-corrected chi connectivity index (χ0v) is 14.8. The molecule has 0 aromatic heterocycles. The first-order chi connectivity index (χ1) is 11.5. The molecule has 1 aromatic rings. The standard InChI is InChI=1S/C18H28N4O2/c1-4-14(2)19-17(23)15(3)20-18(24)22-12-10-21(11-13-22)16-8-6-5-7-9-16/h5-9,14-15H,4,10-13H2,1-3H3,(H,19,23)(H,20,24)/t14-,15+/m0/s1. The molecule has 6 heteroatoms. The average molecular weight is 332 g/mol. The van der Waals surface area contributed by atoms with E-state index in [-0.39, 0.29) is 18.0 Å². The molecule has 3 amide bonds. The highest BCUT2D eigenvalue weighted by molar-refractivity contribution is 5.86. The number of nitrogens with zero attached hydrogens (tertiary/aromatic N) is 2. The Morgan fingerprint density at radius 1 is 1.04 bits per heavy atom. The highest BCUT2D eigenvalue weighted by Gasteiger charge is 2.24. The highest BCUT2D eigenvalue weighted by Crippen LogP contribution is 2.15. The van der Waals surface area contributed by atoms with Gasteiger partial charge in [0.05, 0.1) is 0 Å². The summed E-state index contributed by atoms with van der Waals surface area (Å²) in [6, 6.07) is 9.62. The van der Waals surface area contributed by atoms with Gasteiger partial charge < -0.3 is 20.4 Å². The van der Waals surface area contributed by atoms with Gasteiger partial charge in [-0.2, -0.15) is 0 Å². The summed E-state index contributed by atoms with van der Waals surface area (Å²) >= 11 is 0. The molecule has 0 bridgehead atoms. The maximum atomic E-state index is 12.3. The van der Waals surface area contributed by atoms with Gasteiger partial charge in [-0.3, -0.25) is 4.79 Å². The predicted molar refractivity (Wildman–Crippen MR) is 96.1 cm³/mol. The number of benzene rings is 1. The Morgan fingerprint density at radius 2 is 1.67 bits per heavy atom. The van der Waals surface area contributed by atoms with Crippen molar-refractivity contribution >= 4 is 17.6 Å². The number of hydrogen-bond donors (Lipinski definition) is 2. The molecule has 0 aliphatic carbocycles. The van der Waals surface area contributed by atoms with Crippen LogP contribution >= 0.6 is 0 Å². The molecule has 0 radical (unpaired) electrons. The lowest BCUT2D eigenvalue weighted by Crippen LogP contribution is -2.55. The first kappa shape index (κ1) is 18.1. The van der Waals surface area contributed by atoms with Crippen molar-refractivity contribution in [3.8, 4) is 0 Å². The summed E-state index contributed by atoms with van der Waals surface area (Å²) in [5.74, 6) is -0.138. The predicted octanol–water partition coefficient (Wildman–Crippen LogP) is 1.82. The lowest BCUT2D eigenvalue weighted by atomic mass is 10.2. The molecular weight excluding hydrogens is 304 g/mol. The third kappa shape index (κ3) is 4.88. The smallest absolute Gasteiger partial charge is 0.318 e. The molecule has 0 unspecified atom stereocenters. The van der Waals surface area contributed by atoms with E-state index < -0.39 is 6.04 Å². The van der Waals surface area contributed by atoms with Gasteiger partial charge in [-0.1, -0.05) is 25.1 Å². The summed E-state index contributed by atoms with van der Waals surface area (Å²) in [5, 5.41) is 5.68. The number of urea groups is 1. The molecule has 0 saturated carbocycles. The second kappa shape index (κ2) is 8.57. The van der Waals surface area contributed by atoms with Crippen LogP contribution in [-0.4, -0.2) is 55.1 Å². The van der Waals surface area contributed by atoms with Crippen LogP contribution in [-0.2, 0) is 4.79 Å². The van der Waals surface area contributed by atoms with Crippen LogP contribution in [0.15, 0.2) is 30.3 Å². The Kier molecular flexibility index (Phi) is 6.46. The molecule has 132 valence electrons. The largest absolute Gasteiger partial charge is 0.368 e. The van der Waals surface area contributed by atoms with Crippen LogP contribution in [0.1, 0.15) is 27.2 Å². The Bertz CT molecular complexity index is 541. The van der Waals surface area contributed by atoms with Gasteiger partial charge in [-0.15, -0.1) is 0 Å². The summed E-state index contributed by atoms with van der Waals surface area (Å²) in [4.78, 5) is 28.4. The summed E-state index contributed by atoms with van der Waals surface area (Å²) in [7, 11) is 0. The van der Waals surface area contributed by atoms with Gasteiger partial charge >= 0.3 is 6.03 Å². The first-order valence-electron chi connectivity index (χ1n) is 8.67. The van der Waals surface area contributed by atoms with E-state index >= 15 is 0 Å². The molecule has 1 fully saturated rings. The van der Waals surface area contributed by atoms with E-state index in [1.807, 2.05) is 32.0 Å². The minimum Gasteiger partial charge on any atom is -0.368 e. The number of para-hydroxylation sites is 1. The highest BCUT2D eigenvalue weighted by atomic mass is 16.2. The third-order valence-corrected chi connectivity index (χ3v) is 4.42. The molecule has 2 N–H and O–H groups in total. The zero-order valence-electron chi connectivity index (χ0n) is 14.8. The van der Waals surface area contributed by atoms with Crippen molar-refractivity contribution in [2.75, 3.05) is 31.1 Å². The van der Waals surface area contributed by atoms with Crippen molar-refractivity contribution in [3.63, 3.8) is 0 Å². The topological polar surface area (TPSA) is 64.7 Å². The van der Waals surface area contributed by atoms with E-state index in [9.17, 15) is 9.59 Å². The first-order valence-corrected chi connectivity index (χ1v) is 8.67. The van der Waals surface area contributed by atoms with Crippen molar-refractivity contribution < 1.29 is 9.59 Å². The van der Waals surface area contributed by atoms with E-state index in [1.54, 1.807) is 11.8 Å². The van der Waals surface area contributed by atoms with Gasteiger partial charge in [-0.05, 0) is 32.4 Å². The van der Waals surface area contributed by atoms with Crippen molar-refractivity contribution in [2.45, 2.75) is 39.3 Å². The Hall–Kier alpha value is -2.24. The number of amides is 3. The van der Waals surface area contributed by atoms with Crippen LogP contribution in [0.2, 0.25) is 0 Å². The van der Waals surface area contributed by atoms with Gasteiger partial charge in [0.2, 0.25) is 5.91 Å². The minimum absolute atomic E-state index is 0.117. The Morgan fingerprint density at radius 3 is 2.25 bits per heavy atom. The molecule has 0 spiro atoms. The molecule has 2 atom stereocenters. The minimum atomic E-state index is -0.529. The SMILES string of the molecule is CC[C@H](C)NC(=O)[C@@H](C)NC(=O)N1CCN(c2ccccc2)CC1. The van der Waals surface area contributed by atoms with Gasteiger partial charge in [-0.25, -0.2) is 4.79 Å². The van der Waals surface area contributed by atoms with Crippen molar-refractivity contribution in [3.05, 3.63) is 30.3 Å². The van der Waals surface area contributed by atoms with Crippen LogP contribution in [0.3, 0.4) is 0 Å². The lowest BCUT2D eigenvalue weighted by molar-refractivity contribution is -0.123. The van der Waals surface area contributed by atoms with Crippen LogP contribution in [0.25, 0.3) is 0 Å². The Balaban J connectivity index is 1.79.